The fraction of sp³-hybridized carbons (Fsp3) is 0.516. The molecule has 0 unspecified atom stereocenters. The lowest BCUT2D eigenvalue weighted by Gasteiger charge is -2.47. The Labute approximate surface area is 259 Å². The van der Waals surface area contributed by atoms with Gasteiger partial charge in [0, 0.05) is 21.7 Å². The number of rotatable bonds is 5. The summed E-state index contributed by atoms with van der Waals surface area (Å²) in [6, 6.07) is 14.5. The number of carbonyl (C=O) groups is 2. The predicted molar refractivity (Wildman–Crippen MR) is 164 cm³/mol. The molecule has 11 heteroatoms. The molecule has 0 spiro atoms. The maximum atomic E-state index is 15.5. The molecule has 0 radical (unpaired) electrons. The van der Waals surface area contributed by atoms with Crippen LogP contribution in [0.15, 0.2) is 58.0 Å². The number of hydrogen-bond acceptors (Lipinski definition) is 8. The second kappa shape index (κ2) is 13.0. The molecule has 8 nitrogen and oxygen atoms in total. The molecule has 0 saturated carbocycles. The van der Waals surface area contributed by atoms with E-state index >= 15 is 4.39 Å². The average Bonchev–Trinajstić information content (AvgIpc) is 2.88. The highest BCUT2D eigenvalue weighted by Gasteiger charge is 2.51. The monoisotopic (exact) mass is 664 g/mol. The third-order valence-corrected chi connectivity index (χ3v) is 8.22. The molecule has 1 saturated heterocycles. The van der Waals surface area contributed by atoms with Crippen LogP contribution in [-0.4, -0.2) is 58.5 Å². The minimum atomic E-state index is -1.20. The molecular weight excluding hydrogens is 627 g/mol. The molecule has 0 N–H and O–H groups in total. The van der Waals surface area contributed by atoms with E-state index in [1.807, 2.05) is 30.3 Å². The maximum absolute atomic E-state index is 15.5. The van der Waals surface area contributed by atoms with Gasteiger partial charge in [-0.25, -0.2) is 19.0 Å². The lowest BCUT2D eigenvalue weighted by atomic mass is 9.75. The van der Waals surface area contributed by atoms with Crippen LogP contribution in [0.2, 0.25) is 0 Å². The normalized spacial score (nSPS) is 22.5. The van der Waals surface area contributed by atoms with Crippen LogP contribution < -0.4 is 0 Å². The van der Waals surface area contributed by atoms with Crippen molar-refractivity contribution in [3.05, 3.63) is 69.9 Å². The molecular formula is C31H38BrFN2O6S. The summed E-state index contributed by atoms with van der Waals surface area (Å²) in [4.78, 5) is 32.5. The molecule has 4 rings (SSSR count). The van der Waals surface area contributed by atoms with Crippen molar-refractivity contribution >= 4 is 45.0 Å². The van der Waals surface area contributed by atoms with E-state index in [-0.39, 0.29) is 23.8 Å². The summed E-state index contributed by atoms with van der Waals surface area (Å²) in [5.41, 5.74) is -1.58. The van der Waals surface area contributed by atoms with Gasteiger partial charge in [-0.05, 0) is 71.7 Å². The quantitative estimate of drug-likeness (QED) is 0.324. The molecule has 2 aromatic rings. The number of fused-ring (bicyclic) bond motifs is 1. The first kappa shape index (κ1) is 32.4. The van der Waals surface area contributed by atoms with Crippen molar-refractivity contribution in [1.82, 2.24) is 4.90 Å². The third kappa shape index (κ3) is 8.12. The van der Waals surface area contributed by atoms with Gasteiger partial charge in [0.05, 0.1) is 25.9 Å². The number of amidine groups is 1. The highest BCUT2D eigenvalue weighted by molar-refractivity contribution is 9.10. The topological polar surface area (TPSA) is 86.7 Å². The van der Waals surface area contributed by atoms with E-state index in [0.29, 0.717) is 35.4 Å². The Morgan fingerprint density at radius 1 is 1.07 bits per heavy atom. The van der Waals surface area contributed by atoms with Crippen LogP contribution >= 0.6 is 27.7 Å². The Balaban J connectivity index is 1.67. The first-order valence-electron chi connectivity index (χ1n) is 13.8. The van der Waals surface area contributed by atoms with Gasteiger partial charge in [0.25, 0.3) is 0 Å². The molecule has 3 atom stereocenters. The van der Waals surface area contributed by atoms with E-state index in [4.69, 9.17) is 23.9 Å². The molecule has 2 aromatic carbocycles. The van der Waals surface area contributed by atoms with Crippen LogP contribution in [0.3, 0.4) is 0 Å². The van der Waals surface area contributed by atoms with Crippen molar-refractivity contribution in [3.63, 3.8) is 0 Å². The summed E-state index contributed by atoms with van der Waals surface area (Å²) in [6.45, 7) is 11.1. The van der Waals surface area contributed by atoms with E-state index in [0.717, 1.165) is 10.5 Å². The first-order valence-corrected chi connectivity index (χ1v) is 15.6. The average molecular weight is 666 g/mol. The summed E-state index contributed by atoms with van der Waals surface area (Å²) >= 11 is 4.70. The number of imide groups is 1. The van der Waals surface area contributed by atoms with Gasteiger partial charge < -0.3 is 18.9 Å². The third-order valence-electron chi connectivity index (χ3n) is 6.62. The van der Waals surface area contributed by atoms with Gasteiger partial charge in [0.1, 0.15) is 22.6 Å². The Morgan fingerprint density at radius 3 is 2.33 bits per heavy atom. The van der Waals surface area contributed by atoms with Crippen molar-refractivity contribution in [2.45, 2.75) is 77.4 Å². The van der Waals surface area contributed by atoms with E-state index < -0.39 is 34.7 Å². The van der Waals surface area contributed by atoms with Gasteiger partial charge in [-0.1, -0.05) is 58.0 Å². The van der Waals surface area contributed by atoms with Crippen LogP contribution in [0.1, 0.15) is 59.1 Å². The summed E-state index contributed by atoms with van der Waals surface area (Å²) in [5, 5.41) is 0.0662. The summed E-state index contributed by atoms with van der Waals surface area (Å²) < 4.78 is 39.6. The smallest absolute Gasteiger partial charge is 0.426 e. The van der Waals surface area contributed by atoms with E-state index in [9.17, 15) is 9.59 Å². The Morgan fingerprint density at radius 2 is 1.71 bits per heavy atom. The number of benzene rings is 2. The van der Waals surface area contributed by atoms with Crippen molar-refractivity contribution in [2.24, 2.45) is 10.9 Å². The lowest BCUT2D eigenvalue weighted by Crippen LogP contribution is -2.54. The number of carbonyl (C=O) groups excluding carboxylic acids is 2. The van der Waals surface area contributed by atoms with Crippen molar-refractivity contribution in [1.29, 1.82) is 0 Å². The summed E-state index contributed by atoms with van der Waals surface area (Å²) in [5.74, 6) is -0.180. The number of nitrogens with zero attached hydrogens (tertiary/aromatic N) is 2. The van der Waals surface area contributed by atoms with Gasteiger partial charge in [0.2, 0.25) is 0 Å². The minimum Gasteiger partial charge on any atom is -0.443 e. The highest BCUT2D eigenvalue weighted by atomic mass is 79.9. The Hall–Kier alpha value is -2.47. The van der Waals surface area contributed by atoms with Gasteiger partial charge in [0.15, 0.2) is 5.17 Å². The molecule has 2 amide bonds. The molecule has 42 heavy (non-hydrogen) atoms. The standard InChI is InChI=1S/C31H38BrFN2O6S/c1-29(2,3)40-27(36)35(28(37)41-30(4,5)6)26-34-31(24-15-22(32)12-13-25(24)33)19-39-23(14-21(31)18-42-26)17-38-16-20-10-8-7-9-11-20/h7-13,15,21,23H,14,16-19H2,1-6H3/t21-,23+,31-/m0/s1. The first-order chi connectivity index (χ1) is 19.7. The van der Waals surface area contributed by atoms with Gasteiger partial charge >= 0.3 is 12.2 Å². The Bertz CT molecular complexity index is 1280. The predicted octanol–water partition coefficient (Wildman–Crippen LogP) is 7.68. The number of halogens is 2. The number of aliphatic imine (C=N–C) groups is 1. The van der Waals surface area contributed by atoms with Crippen LogP contribution in [0.5, 0.6) is 0 Å². The molecule has 2 aliphatic rings. The van der Waals surface area contributed by atoms with Gasteiger partial charge in [-0.2, -0.15) is 4.90 Å². The zero-order valence-electron chi connectivity index (χ0n) is 24.8. The SMILES string of the molecule is CC(C)(C)OC(=O)N(C(=O)OC(C)(C)C)C1=N[C@@]2(c3cc(Br)ccc3F)CO[C@@H](COCc3ccccc3)C[C@H]2CS1. The van der Waals surface area contributed by atoms with E-state index in [1.54, 1.807) is 53.7 Å². The number of thioether (sulfide) groups is 1. The number of amides is 2. The summed E-state index contributed by atoms with van der Waals surface area (Å²) in [7, 11) is 0. The molecule has 0 aliphatic carbocycles. The zero-order valence-corrected chi connectivity index (χ0v) is 27.2. The van der Waals surface area contributed by atoms with Crippen LogP contribution in [-0.2, 0) is 31.1 Å². The van der Waals surface area contributed by atoms with Crippen LogP contribution in [0.4, 0.5) is 14.0 Å². The largest absolute Gasteiger partial charge is 0.443 e. The van der Waals surface area contributed by atoms with Crippen molar-refractivity contribution < 1.29 is 32.9 Å². The summed E-state index contributed by atoms with van der Waals surface area (Å²) in [6.07, 6.45) is -1.53. The van der Waals surface area contributed by atoms with E-state index in [2.05, 4.69) is 15.9 Å². The zero-order chi connectivity index (χ0) is 30.7. The number of ether oxygens (including phenoxy) is 4. The molecule has 228 valence electrons. The van der Waals surface area contributed by atoms with Crippen molar-refractivity contribution in [2.75, 3.05) is 19.0 Å². The van der Waals surface area contributed by atoms with Crippen molar-refractivity contribution in [3.8, 4) is 0 Å². The molecule has 2 aliphatic heterocycles. The van der Waals surface area contributed by atoms with E-state index in [1.165, 1.54) is 17.8 Å². The maximum Gasteiger partial charge on any atom is 0.426 e. The Kier molecular flexibility index (Phi) is 10.1. The molecule has 0 bridgehead atoms. The highest BCUT2D eigenvalue weighted by Crippen LogP contribution is 2.48. The second-order valence-electron chi connectivity index (χ2n) is 12.4. The van der Waals surface area contributed by atoms with Gasteiger partial charge in [-0.15, -0.1) is 0 Å². The van der Waals surface area contributed by atoms with Gasteiger partial charge in [-0.3, -0.25) is 0 Å². The molecule has 2 heterocycles. The lowest BCUT2D eigenvalue weighted by molar-refractivity contribution is -0.0929. The fourth-order valence-corrected chi connectivity index (χ4v) is 6.43. The number of hydrogen-bond donors (Lipinski definition) is 0. The fourth-order valence-electron chi connectivity index (χ4n) is 4.80. The minimum absolute atomic E-state index is 0.0327. The molecule has 1 fully saturated rings. The second-order valence-corrected chi connectivity index (χ2v) is 14.3. The van der Waals surface area contributed by atoms with Crippen LogP contribution in [0.25, 0.3) is 0 Å². The molecule has 0 aromatic heterocycles. The van der Waals surface area contributed by atoms with Crippen LogP contribution in [0, 0.1) is 11.7 Å².